The van der Waals surface area contributed by atoms with Crippen LogP contribution in [0.25, 0.3) is 11.4 Å². The van der Waals surface area contributed by atoms with E-state index in [1.165, 1.54) is 18.3 Å². The van der Waals surface area contributed by atoms with Crippen LogP contribution in [0.3, 0.4) is 0 Å². The molecule has 11 heteroatoms. The van der Waals surface area contributed by atoms with E-state index in [9.17, 15) is 22.8 Å². The largest absolute Gasteiger partial charge is 0.333 e. The first kappa shape index (κ1) is 21.5. The molecule has 158 valence electrons. The molecule has 10 nitrogen and oxygen atoms in total. The monoisotopic (exact) mass is 433 g/mol. The third-order valence-corrected chi connectivity index (χ3v) is 5.00. The second-order valence-corrected chi connectivity index (χ2v) is 8.18. The van der Waals surface area contributed by atoms with Crippen molar-refractivity contribution in [1.82, 2.24) is 15.0 Å². The standard InChI is InChI=1S/C19H19N3O7S/c23-17-4-5-18(24)22(17)29-19(25)3-1-2-13-6-8-20-15(10-13)16-11-14(7-9-21-16)12-30(26,27)28/h6-11H,1-5,12H2,(H,26,27,28). The van der Waals surface area contributed by atoms with Crippen molar-refractivity contribution in [2.45, 2.75) is 37.9 Å². The molecule has 1 aliphatic heterocycles. The van der Waals surface area contributed by atoms with E-state index in [-0.39, 0.29) is 19.3 Å². The van der Waals surface area contributed by atoms with E-state index in [1.54, 1.807) is 18.3 Å². The number of carbonyl (C=O) groups is 3. The van der Waals surface area contributed by atoms with Crippen molar-refractivity contribution in [3.8, 4) is 11.4 Å². The predicted molar refractivity (Wildman–Crippen MR) is 103 cm³/mol. The van der Waals surface area contributed by atoms with E-state index < -0.39 is 33.7 Å². The molecule has 2 aromatic heterocycles. The number of pyridine rings is 2. The van der Waals surface area contributed by atoms with Crippen molar-refractivity contribution in [2.75, 3.05) is 0 Å². The summed E-state index contributed by atoms with van der Waals surface area (Å²) in [5.41, 5.74) is 2.20. The summed E-state index contributed by atoms with van der Waals surface area (Å²) in [7, 11) is -4.16. The second kappa shape index (κ2) is 9.09. The first-order chi connectivity index (χ1) is 14.2. The lowest BCUT2D eigenvalue weighted by Crippen LogP contribution is -2.31. The summed E-state index contributed by atoms with van der Waals surface area (Å²) in [4.78, 5) is 48.0. The number of aromatic nitrogens is 2. The molecule has 2 aromatic rings. The highest BCUT2D eigenvalue weighted by molar-refractivity contribution is 7.85. The van der Waals surface area contributed by atoms with Gasteiger partial charge in [0, 0.05) is 31.7 Å². The summed E-state index contributed by atoms with van der Waals surface area (Å²) in [6.07, 6.45) is 4.06. The van der Waals surface area contributed by atoms with Crippen LogP contribution in [0, 0.1) is 0 Å². The Kier molecular flexibility index (Phi) is 6.53. The summed E-state index contributed by atoms with van der Waals surface area (Å²) in [5.74, 6) is -2.22. The van der Waals surface area contributed by atoms with Crippen LogP contribution < -0.4 is 0 Å². The molecule has 3 rings (SSSR count). The number of hydrogen-bond donors (Lipinski definition) is 1. The molecule has 1 saturated heterocycles. The van der Waals surface area contributed by atoms with Crippen LogP contribution in [0.15, 0.2) is 36.7 Å². The van der Waals surface area contributed by atoms with Crippen molar-refractivity contribution in [1.29, 1.82) is 0 Å². The lowest BCUT2D eigenvalue weighted by Gasteiger charge is -2.12. The van der Waals surface area contributed by atoms with Gasteiger partial charge in [-0.15, -0.1) is 5.06 Å². The summed E-state index contributed by atoms with van der Waals surface area (Å²) in [6.45, 7) is 0. The Morgan fingerprint density at radius 1 is 1.03 bits per heavy atom. The minimum atomic E-state index is -4.16. The number of aryl methyl sites for hydroxylation is 1. The lowest BCUT2D eigenvalue weighted by molar-refractivity contribution is -0.197. The number of nitrogens with zero attached hydrogens (tertiary/aromatic N) is 3. The molecule has 0 aromatic carbocycles. The predicted octanol–water partition coefficient (Wildman–Crippen LogP) is 1.46. The molecular formula is C19H19N3O7S. The van der Waals surface area contributed by atoms with Gasteiger partial charge in [-0.3, -0.25) is 24.1 Å². The maximum absolute atomic E-state index is 11.9. The van der Waals surface area contributed by atoms with Crippen molar-refractivity contribution in [2.24, 2.45) is 0 Å². The van der Waals surface area contributed by atoms with E-state index in [0.717, 1.165) is 5.56 Å². The molecule has 0 aliphatic carbocycles. The van der Waals surface area contributed by atoms with Crippen molar-refractivity contribution < 1.29 is 32.2 Å². The topological polar surface area (TPSA) is 144 Å². The zero-order valence-corrected chi connectivity index (χ0v) is 16.7. The molecule has 1 fully saturated rings. The minimum absolute atomic E-state index is 0.0246. The summed E-state index contributed by atoms with van der Waals surface area (Å²) < 4.78 is 31.1. The minimum Gasteiger partial charge on any atom is -0.330 e. The normalized spacial score (nSPS) is 14.2. The third kappa shape index (κ3) is 5.91. The molecule has 0 bridgehead atoms. The Morgan fingerprint density at radius 2 is 1.60 bits per heavy atom. The average Bonchev–Trinajstić information content (AvgIpc) is 2.99. The zero-order valence-electron chi connectivity index (χ0n) is 15.9. The fraction of sp³-hybridized carbons (Fsp3) is 0.316. The Balaban J connectivity index is 1.58. The van der Waals surface area contributed by atoms with Gasteiger partial charge in [0.15, 0.2) is 0 Å². The molecule has 0 saturated carbocycles. The van der Waals surface area contributed by atoms with Crippen LogP contribution in [0.2, 0.25) is 0 Å². The molecule has 2 amide bonds. The Hall–Kier alpha value is -3.18. The quantitative estimate of drug-likeness (QED) is 0.483. The van der Waals surface area contributed by atoms with E-state index in [4.69, 9.17) is 9.39 Å². The molecule has 0 unspecified atom stereocenters. The van der Waals surface area contributed by atoms with Crippen LogP contribution in [0.5, 0.6) is 0 Å². The van der Waals surface area contributed by atoms with Gasteiger partial charge in [-0.05, 0) is 48.2 Å². The van der Waals surface area contributed by atoms with Crippen LogP contribution in [-0.2, 0) is 41.5 Å². The number of rotatable bonds is 8. The maximum atomic E-state index is 11.9. The van der Waals surface area contributed by atoms with E-state index in [0.29, 0.717) is 34.9 Å². The van der Waals surface area contributed by atoms with E-state index in [2.05, 4.69) is 9.97 Å². The van der Waals surface area contributed by atoms with Gasteiger partial charge < -0.3 is 4.84 Å². The van der Waals surface area contributed by atoms with Gasteiger partial charge in [-0.2, -0.15) is 8.42 Å². The van der Waals surface area contributed by atoms with Gasteiger partial charge in [0.25, 0.3) is 21.9 Å². The van der Waals surface area contributed by atoms with E-state index >= 15 is 0 Å². The molecule has 0 spiro atoms. The first-order valence-electron chi connectivity index (χ1n) is 9.13. The average molecular weight is 433 g/mol. The number of hydroxylamine groups is 2. The molecule has 30 heavy (non-hydrogen) atoms. The second-order valence-electron chi connectivity index (χ2n) is 6.72. The van der Waals surface area contributed by atoms with Gasteiger partial charge in [0.2, 0.25) is 0 Å². The van der Waals surface area contributed by atoms with Crippen molar-refractivity contribution in [3.63, 3.8) is 0 Å². The fourth-order valence-electron chi connectivity index (χ4n) is 2.93. The molecule has 0 atom stereocenters. The molecule has 0 radical (unpaired) electrons. The van der Waals surface area contributed by atoms with E-state index in [1.807, 2.05) is 0 Å². The molecule has 1 aliphatic rings. The number of imide groups is 1. The van der Waals surface area contributed by atoms with Gasteiger partial charge in [0.05, 0.1) is 11.4 Å². The maximum Gasteiger partial charge on any atom is 0.333 e. The Labute approximate surface area is 172 Å². The molecular weight excluding hydrogens is 414 g/mol. The number of carbonyl (C=O) groups excluding carboxylic acids is 3. The Morgan fingerprint density at radius 3 is 2.20 bits per heavy atom. The smallest absolute Gasteiger partial charge is 0.330 e. The highest BCUT2D eigenvalue weighted by Gasteiger charge is 2.32. The third-order valence-electron chi connectivity index (χ3n) is 4.31. The van der Waals surface area contributed by atoms with Gasteiger partial charge in [-0.25, -0.2) is 4.79 Å². The Bertz CT molecular complexity index is 1070. The van der Waals surface area contributed by atoms with Crippen molar-refractivity contribution >= 4 is 27.9 Å². The number of hydrogen-bond acceptors (Lipinski definition) is 8. The van der Waals surface area contributed by atoms with Crippen LogP contribution >= 0.6 is 0 Å². The lowest BCUT2D eigenvalue weighted by atomic mass is 10.1. The SMILES string of the molecule is O=C(CCCc1ccnc(-c2cc(CS(=O)(=O)O)ccn2)c1)ON1C(=O)CCC1=O. The molecule has 3 heterocycles. The van der Waals surface area contributed by atoms with Crippen molar-refractivity contribution in [3.05, 3.63) is 47.8 Å². The zero-order chi connectivity index (χ0) is 21.7. The van der Waals surface area contributed by atoms with Gasteiger partial charge in [-0.1, -0.05) is 0 Å². The van der Waals surface area contributed by atoms with Crippen LogP contribution in [0.1, 0.15) is 36.8 Å². The fourth-order valence-corrected chi connectivity index (χ4v) is 3.53. The summed E-state index contributed by atoms with van der Waals surface area (Å²) in [5, 5.41) is 0.526. The first-order valence-corrected chi connectivity index (χ1v) is 10.7. The van der Waals surface area contributed by atoms with Crippen LogP contribution in [-0.4, -0.2) is 45.8 Å². The highest BCUT2D eigenvalue weighted by Crippen LogP contribution is 2.19. The highest BCUT2D eigenvalue weighted by atomic mass is 32.2. The summed E-state index contributed by atoms with van der Waals surface area (Å²) in [6, 6.07) is 6.55. The van der Waals surface area contributed by atoms with Gasteiger partial charge in [0.1, 0.15) is 5.75 Å². The molecule has 1 N–H and O–H groups in total. The van der Waals surface area contributed by atoms with Crippen LogP contribution in [0.4, 0.5) is 0 Å². The van der Waals surface area contributed by atoms with Gasteiger partial charge >= 0.3 is 5.97 Å². The summed E-state index contributed by atoms with van der Waals surface area (Å²) >= 11 is 0. The number of amides is 2.